The van der Waals surface area contributed by atoms with Gasteiger partial charge in [0.2, 0.25) is 0 Å². The monoisotopic (exact) mass is 435 g/mol. The molecule has 0 aliphatic heterocycles. The van der Waals surface area contributed by atoms with Crippen LogP contribution in [0.15, 0.2) is 63.8 Å². The van der Waals surface area contributed by atoms with E-state index < -0.39 is 0 Å². The van der Waals surface area contributed by atoms with Crippen molar-refractivity contribution in [1.29, 1.82) is 0 Å². The number of benzene rings is 2. The molecular weight excluding hydrogens is 422 g/mol. The van der Waals surface area contributed by atoms with Gasteiger partial charge in [-0.2, -0.15) is 11.3 Å². The van der Waals surface area contributed by atoms with Gasteiger partial charge in [0.05, 0.1) is 18.7 Å². The van der Waals surface area contributed by atoms with E-state index in [0.29, 0.717) is 20.8 Å². The lowest BCUT2D eigenvalue weighted by atomic mass is 10.0. The number of hydrogen-bond donors (Lipinski definition) is 1. The first-order valence-corrected chi connectivity index (χ1v) is 9.62. The van der Waals surface area contributed by atoms with Crippen molar-refractivity contribution < 1.29 is 9.53 Å². The number of halogens is 2. The van der Waals surface area contributed by atoms with Crippen molar-refractivity contribution in [2.75, 3.05) is 7.11 Å². The van der Waals surface area contributed by atoms with Gasteiger partial charge in [-0.1, -0.05) is 23.7 Å². The average Bonchev–Trinajstić information content (AvgIpc) is 3.15. The van der Waals surface area contributed by atoms with Crippen molar-refractivity contribution >= 4 is 44.8 Å². The maximum Gasteiger partial charge on any atom is 0.253 e. The summed E-state index contributed by atoms with van der Waals surface area (Å²) in [7, 11) is 1.58. The number of methoxy groups -OCH3 is 1. The quantitative estimate of drug-likeness (QED) is 0.558. The van der Waals surface area contributed by atoms with Gasteiger partial charge in [-0.3, -0.25) is 4.79 Å². The van der Waals surface area contributed by atoms with Gasteiger partial charge in [0.25, 0.3) is 5.91 Å². The van der Waals surface area contributed by atoms with Crippen LogP contribution in [0.25, 0.3) is 0 Å². The molecule has 0 aliphatic carbocycles. The maximum absolute atomic E-state index is 12.9. The molecule has 0 spiro atoms. The topological polar surface area (TPSA) is 38.3 Å². The zero-order chi connectivity index (χ0) is 17.8. The molecule has 1 heterocycles. The van der Waals surface area contributed by atoms with E-state index in [0.717, 1.165) is 11.1 Å². The van der Waals surface area contributed by atoms with Gasteiger partial charge in [0, 0.05) is 9.50 Å². The molecular formula is C19H15BrClNO2S. The Balaban J connectivity index is 1.93. The minimum atomic E-state index is -0.255. The zero-order valence-electron chi connectivity index (χ0n) is 13.3. The molecule has 0 bridgehead atoms. The summed E-state index contributed by atoms with van der Waals surface area (Å²) in [6.07, 6.45) is 0. The summed E-state index contributed by atoms with van der Waals surface area (Å²) in [5, 5.41) is 7.78. The Morgan fingerprint density at radius 3 is 2.56 bits per heavy atom. The van der Waals surface area contributed by atoms with E-state index in [4.69, 9.17) is 16.3 Å². The van der Waals surface area contributed by atoms with Crippen LogP contribution in [-0.2, 0) is 0 Å². The van der Waals surface area contributed by atoms with Gasteiger partial charge < -0.3 is 10.1 Å². The predicted octanol–water partition coefficient (Wildman–Crippen LogP) is 5.69. The molecule has 3 rings (SSSR count). The van der Waals surface area contributed by atoms with Crippen LogP contribution in [0.4, 0.5) is 0 Å². The van der Waals surface area contributed by atoms with E-state index in [1.54, 1.807) is 36.6 Å². The molecule has 6 heteroatoms. The van der Waals surface area contributed by atoms with Crippen molar-refractivity contribution in [3.63, 3.8) is 0 Å². The van der Waals surface area contributed by atoms with Gasteiger partial charge in [-0.15, -0.1) is 0 Å². The minimum Gasteiger partial charge on any atom is -0.497 e. The van der Waals surface area contributed by atoms with Crippen LogP contribution in [-0.4, -0.2) is 13.0 Å². The largest absolute Gasteiger partial charge is 0.497 e. The molecule has 128 valence electrons. The fourth-order valence-electron chi connectivity index (χ4n) is 2.47. The minimum absolute atomic E-state index is 0.183. The van der Waals surface area contributed by atoms with Crippen molar-refractivity contribution in [2.45, 2.75) is 6.04 Å². The van der Waals surface area contributed by atoms with Crippen LogP contribution in [0, 0.1) is 0 Å². The zero-order valence-corrected chi connectivity index (χ0v) is 16.5. The van der Waals surface area contributed by atoms with Crippen LogP contribution in [0.1, 0.15) is 27.5 Å². The molecule has 25 heavy (non-hydrogen) atoms. The highest BCUT2D eigenvalue weighted by atomic mass is 79.9. The Morgan fingerprint density at radius 1 is 1.16 bits per heavy atom. The van der Waals surface area contributed by atoms with E-state index in [1.165, 1.54) is 0 Å². The summed E-state index contributed by atoms with van der Waals surface area (Å²) in [6, 6.07) is 14.6. The molecule has 1 unspecified atom stereocenters. The Hall–Kier alpha value is -1.82. The van der Waals surface area contributed by atoms with Gasteiger partial charge in [0.15, 0.2) is 0 Å². The highest BCUT2D eigenvalue weighted by Gasteiger charge is 2.20. The third-order valence-corrected chi connectivity index (χ3v) is 5.42. The van der Waals surface area contributed by atoms with E-state index in [2.05, 4.69) is 21.2 Å². The Bertz CT molecular complexity index is 866. The van der Waals surface area contributed by atoms with Crippen LogP contribution in [0.5, 0.6) is 5.75 Å². The van der Waals surface area contributed by atoms with E-state index >= 15 is 0 Å². The lowest BCUT2D eigenvalue weighted by molar-refractivity contribution is 0.0942. The molecule has 0 saturated carbocycles. The molecule has 3 aromatic rings. The second-order valence-corrected chi connectivity index (χ2v) is 7.43. The molecule has 0 saturated heterocycles. The van der Waals surface area contributed by atoms with Crippen LogP contribution >= 0.6 is 38.9 Å². The number of carbonyl (C=O) groups is 1. The second kappa shape index (κ2) is 8.04. The van der Waals surface area contributed by atoms with E-state index in [-0.39, 0.29) is 11.9 Å². The normalized spacial score (nSPS) is 11.8. The predicted molar refractivity (Wildman–Crippen MR) is 106 cm³/mol. The number of thiophene rings is 1. The molecule has 1 aromatic heterocycles. The molecule has 1 N–H and O–H groups in total. The number of ether oxygens (including phenoxy) is 1. The molecule has 2 aromatic carbocycles. The highest BCUT2D eigenvalue weighted by Crippen LogP contribution is 2.28. The summed E-state index contributed by atoms with van der Waals surface area (Å²) in [5.41, 5.74) is 2.52. The molecule has 0 aliphatic rings. The van der Waals surface area contributed by atoms with Crippen molar-refractivity contribution in [3.05, 3.63) is 85.5 Å². The summed E-state index contributed by atoms with van der Waals surface area (Å²) >= 11 is 11.0. The number of hydrogen-bond acceptors (Lipinski definition) is 3. The fraction of sp³-hybridized carbons (Fsp3) is 0.105. The Kier molecular flexibility index (Phi) is 5.78. The molecule has 3 nitrogen and oxygen atoms in total. The van der Waals surface area contributed by atoms with Gasteiger partial charge in [-0.05, 0) is 74.2 Å². The lowest BCUT2D eigenvalue weighted by Crippen LogP contribution is -2.29. The van der Waals surface area contributed by atoms with Crippen LogP contribution in [0.3, 0.4) is 0 Å². The maximum atomic E-state index is 12.9. The third-order valence-electron chi connectivity index (χ3n) is 3.77. The second-order valence-electron chi connectivity index (χ2n) is 5.36. The lowest BCUT2D eigenvalue weighted by Gasteiger charge is -2.19. The molecule has 1 amide bonds. The fourth-order valence-corrected chi connectivity index (χ4v) is 3.71. The molecule has 0 fully saturated rings. The smallest absolute Gasteiger partial charge is 0.253 e. The number of carbonyl (C=O) groups excluding carboxylic acids is 1. The number of nitrogens with one attached hydrogen (secondary N) is 1. The SMILES string of the molecule is COc1ccc(Br)c(C(=O)NC(c2ccc(Cl)cc2)c2ccsc2)c1. The van der Waals surface area contributed by atoms with Crippen molar-refractivity contribution in [2.24, 2.45) is 0 Å². The highest BCUT2D eigenvalue weighted by molar-refractivity contribution is 9.10. The van der Waals surface area contributed by atoms with Gasteiger partial charge >= 0.3 is 0 Å². The van der Waals surface area contributed by atoms with Crippen molar-refractivity contribution in [1.82, 2.24) is 5.32 Å². The standard InChI is InChI=1S/C19H15BrClNO2S/c1-24-15-6-7-17(20)16(10-15)19(23)22-18(13-8-9-25-11-13)12-2-4-14(21)5-3-12/h2-11,18H,1H3,(H,22,23). The summed E-state index contributed by atoms with van der Waals surface area (Å²) < 4.78 is 5.94. The Morgan fingerprint density at radius 2 is 1.92 bits per heavy atom. The van der Waals surface area contributed by atoms with E-state index in [1.807, 2.05) is 41.1 Å². The number of amides is 1. The van der Waals surface area contributed by atoms with Gasteiger partial charge in [-0.25, -0.2) is 0 Å². The first kappa shape index (κ1) is 18.0. The Labute approximate surface area is 163 Å². The summed E-state index contributed by atoms with van der Waals surface area (Å²) in [6.45, 7) is 0. The average molecular weight is 437 g/mol. The third kappa shape index (κ3) is 4.24. The number of rotatable bonds is 5. The van der Waals surface area contributed by atoms with Crippen molar-refractivity contribution in [3.8, 4) is 5.75 Å². The summed E-state index contributed by atoms with van der Waals surface area (Å²) in [5.74, 6) is 0.448. The van der Waals surface area contributed by atoms with E-state index in [9.17, 15) is 4.79 Å². The molecule has 1 atom stereocenters. The van der Waals surface area contributed by atoms with Gasteiger partial charge in [0.1, 0.15) is 5.75 Å². The van der Waals surface area contributed by atoms with Crippen LogP contribution in [0.2, 0.25) is 5.02 Å². The first-order chi connectivity index (χ1) is 12.1. The molecule has 0 radical (unpaired) electrons. The summed E-state index contributed by atoms with van der Waals surface area (Å²) in [4.78, 5) is 12.9. The first-order valence-electron chi connectivity index (χ1n) is 7.50. The van der Waals surface area contributed by atoms with Crippen LogP contribution < -0.4 is 10.1 Å².